The van der Waals surface area contributed by atoms with Crippen LogP contribution in [0, 0.1) is 10.1 Å². The van der Waals surface area contributed by atoms with Crippen LogP contribution in [0.15, 0.2) is 23.1 Å². The second-order valence-electron chi connectivity index (χ2n) is 3.88. The maximum atomic E-state index is 11.2. The minimum absolute atomic E-state index is 0.0921. The summed E-state index contributed by atoms with van der Waals surface area (Å²) in [7, 11) is 0. The van der Waals surface area contributed by atoms with Crippen molar-refractivity contribution in [3.8, 4) is 0 Å². The lowest BCUT2D eigenvalue weighted by Crippen LogP contribution is -2.04. The van der Waals surface area contributed by atoms with Crippen LogP contribution in [0.2, 0.25) is 0 Å². The highest BCUT2D eigenvalue weighted by Crippen LogP contribution is 2.38. The zero-order valence-corrected chi connectivity index (χ0v) is 11.4. The van der Waals surface area contributed by atoms with Gasteiger partial charge in [0.25, 0.3) is 0 Å². The van der Waals surface area contributed by atoms with E-state index in [2.05, 4.69) is 5.32 Å². The summed E-state index contributed by atoms with van der Waals surface area (Å²) in [6, 6.07) is 5.26. The lowest BCUT2D eigenvalue weighted by atomic mass is 10.2. The third-order valence-corrected chi connectivity index (χ3v) is 3.63. The Morgan fingerprint density at radius 1 is 1.56 bits per heavy atom. The van der Waals surface area contributed by atoms with Gasteiger partial charge in [-0.05, 0) is 25.5 Å². The number of nitrogens with zero attached hydrogens (tertiary/aromatic N) is 1. The van der Waals surface area contributed by atoms with Crippen molar-refractivity contribution in [1.29, 1.82) is 0 Å². The quantitative estimate of drug-likeness (QED) is 0.452. The Morgan fingerprint density at radius 2 is 2.28 bits per heavy atom. The maximum Gasteiger partial charge on any atom is 0.305 e. The fourth-order valence-electron chi connectivity index (χ4n) is 1.60. The van der Waals surface area contributed by atoms with Crippen LogP contribution < -0.4 is 5.32 Å². The van der Waals surface area contributed by atoms with E-state index in [9.17, 15) is 10.1 Å². The molecule has 0 aliphatic rings. The van der Waals surface area contributed by atoms with Crippen molar-refractivity contribution in [3.05, 3.63) is 28.3 Å². The minimum Gasteiger partial charge on any atom is -0.396 e. The van der Waals surface area contributed by atoms with Crippen molar-refractivity contribution < 1.29 is 10.0 Å². The van der Waals surface area contributed by atoms with Gasteiger partial charge < -0.3 is 10.4 Å². The molecule has 1 atom stereocenters. The molecular formula is C12H18N2O3S. The lowest BCUT2D eigenvalue weighted by Gasteiger charge is -2.12. The van der Waals surface area contributed by atoms with E-state index >= 15 is 0 Å². The van der Waals surface area contributed by atoms with Gasteiger partial charge in [0.2, 0.25) is 0 Å². The SMILES string of the molecule is CCNc1cccc(SC(C)CCO)c1[N+](=O)[O-]. The van der Waals surface area contributed by atoms with Crippen LogP contribution in [-0.2, 0) is 0 Å². The molecule has 0 aliphatic carbocycles. The maximum absolute atomic E-state index is 11.2. The molecule has 0 saturated carbocycles. The molecule has 0 heterocycles. The molecule has 6 heteroatoms. The van der Waals surface area contributed by atoms with Crippen LogP contribution in [0.4, 0.5) is 11.4 Å². The van der Waals surface area contributed by atoms with Gasteiger partial charge in [-0.1, -0.05) is 13.0 Å². The number of para-hydroxylation sites is 1. The molecule has 2 N–H and O–H groups in total. The predicted octanol–water partition coefficient (Wildman–Crippen LogP) is 2.89. The lowest BCUT2D eigenvalue weighted by molar-refractivity contribution is -0.386. The summed E-state index contributed by atoms with van der Waals surface area (Å²) in [5, 5.41) is 23.2. The molecule has 1 aromatic carbocycles. The summed E-state index contributed by atoms with van der Waals surface area (Å²) in [4.78, 5) is 11.4. The monoisotopic (exact) mass is 270 g/mol. The number of benzene rings is 1. The fraction of sp³-hybridized carbons (Fsp3) is 0.500. The van der Waals surface area contributed by atoms with Crippen LogP contribution in [0.25, 0.3) is 0 Å². The number of nitro benzene ring substituents is 1. The van der Waals surface area contributed by atoms with Gasteiger partial charge in [0.1, 0.15) is 5.69 Å². The smallest absolute Gasteiger partial charge is 0.305 e. The Balaban J connectivity index is 3.02. The van der Waals surface area contributed by atoms with E-state index < -0.39 is 0 Å². The fourth-order valence-corrected chi connectivity index (χ4v) is 2.71. The number of nitro groups is 1. The summed E-state index contributed by atoms with van der Waals surface area (Å²) in [5.41, 5.74) is 0.665. The largest absolute Gasteiger partial charge is 0.396 e. The van der Waals surface area contributed by atoms with Gasteiger partial charge in [-0.25, -0.2) is 0 Å². The van der Waals surface area contributed by atoms with E-state index in [-0.39, 0.29) is 22.5 Å². The molecule has 0 aliphatic heterocycles. The van der Waals surface area contributed by atoms with Gasteiger partial charge >= 0.3 is 5.69 Å². The Morgan fingerprint density at radius 3 is 2.83 bits per heavy atom. The average molecular weight is 270 g/mol. The van der Waals surface area contributed by atoms with Crippen molar-refractivity contribution in [2.75, 3.05) is 18.5 Å². The summed E-state index contributed by atoms with van der Waals surface area (Å²) in [6.07, 6.45) is 0.618. The number of hydrogen-bond acceptors (Lipinski definition) is 5. The van der Waals surface area contributed by atoms with E-state index in [1.165, 1.54) is 11.8 Å². The number of nitrogens with one attached hydrogen (secondary N) is 1. The average Bonchev–Trinajstić information content (AvgIpc) is 2.29. The van der Waals surface area contributed by atoms with Crippen LogP contribution in [0.3, 0.4) is 0 Å². The molecule has 0 amide bonds. The first-order valence-electron chi connectivity index (χ1n) is 5.89. The number of hydrogen-bond donors (Lipinski definition) is 2. The first-order valence-corrected chi connectivity index (χ1v) is 6.76. The van der Waals surface area contributed by atoms with E-state index in [0.29, 0.717) is 23.5 Å². The van der Waals surface area contributed by atoms with Gasteiger partial charge in [-0.15, -0.1) is 11.8 Å². The van der Waals surface area contributed by atoms with Gasteiger partial charge in [0, 0.05) is 18.4 Å². The van der Waals surface area contributed by atoms with Crippen molar-refractivity contribution in [1.82, 2.24) is 0 Å². The van der Waals surface area contributed by atoms with Gasteiger partial charge in [-0.3, -0.25) is 10.1 Å². The Labute approximate surface area is 111 Å². The third-order valence-electron chi connectivity index (χ3n) is 2.41. The number of anilines is 1. The molecule has 0 radical (unpaired) electrons. The molecule has 0 saturated heterocycles. The Hall–Kier alpha value is -1.27. The topological polar surface area (TPSA) is 75.4 Å². The van der Waals surface area contributed by atoms with Crippen molar-refractivity contribution in [2.24, 2.45) is 0 Å². The van der Waals surface area contributed by atoms with Crippen LogP contribution in [0.5, 0.6) is 0 Å². The number of aliphatic hydroxyl groups is 1. The highest BCUT2D eigenvalue weighted by molar-refractivity contribution is 8.00. The molecule has 1 rings (SSSR count). The molecule has 0 fully saturated rings. The Bertz CT molecular complexity index is 412. The molecule has 100 valence electrons. The van der Waals surface area contributed by atoms with Crippen molar-refractivity contribution in [3.63, 3.8) is 0 Å². The molecule has 0 spiro atoms. The first kappa shape index (κ1) is 14.8. The van der Waals surface area contributed by atoms with Crippen molar-refractivity contribution in [2.45, 2.75) is 30.4 Å². The second-order valence-corrected chi connectivity index (χ2v) is 5.36. The zero-order chi connectivity index (χ0) is 13.5. The van der Waals surface area contributed by atoms with Crippen molar-refractivity contribution >= 4 is 23.1 Å². The highest BCUT2D eigenvalue weighted by atomic mass is 32.2. The van der Waals surface area contributed by atoms with Gasteiger partial charge in [-0.2, -0.15) is 0 Å². The molecule has 0 bridgehead atoms. The van der Waals surface area contributed by atoms with E-state index in [1.54, 1.807) is 18.2 Å². The number of aliphatic hydroxyl groups excluding tert-OH is 1. The number of rotatable bonds is 7. The minimum atomic E-state index is -0.355. The molecule has 18 heavy (non-hydrogen) atoms. The normalized spacial score (nSPS) is 12.2. The molecule has 5 nitrogen and oxygen atoms in total. The number of thioether (sulfide) groups is 1. The van der Waals surface area contributed by atoms with Crippen LogP contribution in [-0.4, -0.2) is 28.4 Å². The van der Waals surface area contributed by atoms with E-state index in [4.69, 9.17) is 5.11 Å². The second kappa shape index (κ2) is 7.23. The summed E-state index contributed by atoms with van der Waals surface area (Å²) < 4.78 is 0. The van der Waals surface area contributed by atoms with Gasteiger partial charge in [0.05, 0.1) is 9.82 Å². The summed E-state index contributed by atoms with van der Waals surface area (Å²) >= 11 is 1.42. The molecule has 1 aromatic rings. The van der Waals surface area contributed by atoms with E-state index in [1.807, 2.05) is 13.8 Å². The third kappa shape index (κ3) is 3.89. The highest BCUT2D eigenvalue weighted by Gasteiger charge is 2.21. The van der Waals surface area contributed by atoms with Crippen LogP contribution in [0.1, 0.15) is 20.3 Å². The molecule has 0 aromatic heterocycles. The predicted molar refractivity (Wildman–Crippen MR) is 74.3 cm³/mol. The summed E-state index contributed by atoms with van der Waals surface area (Å²) in [6.45, 7) is 4.58. The zero-order valence-electron chi connectivity index (χ0n) is 10.5. The van der Waals surface area contributed by atoms with E-state index in [0.717, 1.165) is 0 Å². The molecular weight excluding hydrogens is 252 g/mol. The standard InChI is InChI=1S/C12H18N2O3S/c1-3-13-10-5-4-6-11(12(10)14(16)17)18-9(2)7-8-15/h4-6,9,13,15H,3,7-8H2,1-2H3. The van der Waals surface area contributed by atoms with Gasteiger partial charge in [0.15, 0.2) is 0 Å². The first-order chi connectivity index (χ1) is 8.60. The molecule has 1 unspecified atom stereocenters. The Kier molecular flexibility index (Phi) is 5.94. The van der Waals surface area contributed by atoms with Crippen LogP contribution >= 0.6 is 11.8 Å². The summed E-state index contributed by atoms with van der Waals surface area (Å²) in [5.74, 6) is 0.